The van der Waals surface area contributed by atoms with E-state index in [1.54, 1.807) is 29.0 Å². The van der Waals surface area contributed by atoms with E-state index in [1.807, 2.05) is 19.1 Å². The first-order valence-corrected chi connectivity index (χ1v) is 7.45. The fourth-order valence-electron chi connectivity index (χ4n) is 1.83. The molecule has 1 aromatic carbocycles. The lowest BCUT2D eigenvalue weighted by Gasteiger charge is -2.08. The Labute approximate surface area is 131 Å². The second-order valence-corrected chi connectivity index (χ2v) is 5.66. The van der Waals surface area contributed by atoms with E-state index in [4.69, 9.17) is 0 Å². The normalized spacial score (nSPS) is 10.3. The zero-order valence-corrected chi connectivity index (χ0v) is 13.3. The highest BCUT2D eigenvalue weighted by Gasteiger charge is 2.06. The molecule has 0 bridgehead atoms. The van der Waals surface area contributed by atoms with Crippen molar-refractivity contribution in [2.75, 3.05) is 5.32 Å². The molecule has 4 nitrogen and oxygen atoms in total. The minimum Gasteiger partial charge on any atom is -0.321 e. The van der Waals surface area contributed by atoms with Crippen LogP contribution in [0.1, 0.15) is 23.7 Å². The van der Waals surface area contributed by atoms with Crippen LogP contribution in [0.25, 0.3) is 0 Å². The van der Waals surface area contributed by atoms with Gasteiger partial charge in [0.25, 0.3) is 11.5 Å². The number of hydrogen-bond donors (Lipinski definition) is 1. The van der Waals surface area contributed by atoms with Gasteiger partial charge in [-0.2, -0.15) is 0 Å². The molecule has 0 saturated heterocycles. The van der Waals surface area contributed by atoms with Gasteiger partial charge in [-0.05, 0) is 59.3 Å². The highest BCUT2D eigenvalue weighted by atomic mass is 127. The highest BCUT2D eigenvalue weighted by Crippen LogP contribution is 2.10. The van der Waals surface area contributed by atoms with Crippen molar-refractivity contribution in [1.29, 1.82) is 0 Å². The standard InChI is InChI=1S/C15H15IN2O2/c1-2-9-18-10-13(7-8-14(18)19)17-15(20)11-3-5-12(16)6-4-11/h3-8,10H,2,9H2,1H3,(H,17,20). The lowest BCUT2D eigenvalue weighted by molar-refractivity contribution is 0.102. The molecule has 1 aromatic heterocycles. The maximum atomic E-state index is 12.1. The van der Waals surface area contributed by atoms with E-state index in [2.05, 4.69) is 27.9 Å². The van der Waals surface area contributed by atoms with Gasteiger partial charge < -0.3 is 9.88 Å². The third-order valence-electron chi connectivity index (χ3n) is 2.81. The van der Waals surface area contributed by atoms with Gasteiger partial charge in [0, 0.05) is 27.9 Å². The smallest absolute Gasteiger partial charge is 0.255 e. The molecule has 0 atom stereocenters. The number of amides is 1. The van der Waals surface area contributed by atoms with Crippen LogP contribution in [-0.4, -0.2) is 10.5 Å². The molecule has 1 N–H and O–H groups in total. The number of pyridine rings is 1. The van der Waals surface area contributed by atoms with E-state index in [0.717, 1.165) is 9.99 Å². The van der Waals surface area contributed by atoms with Crippen molar-refractivity contribution in [2.24, 2.45) is 0 Å². The van der Waals surface area contributed by atoms with Crippen molar-refractivity contribution in [3.8, 4) is 0 Å². The van der Waals surface area contributed by atoms with Crippen LogP contribution in [-0.2, 0) is 6.54 Å². The summed E-state index contributed by atoms with van der Waals surface area (Å²) in [5.74, 6) is -0.178. The summed E-state index contributed by atoms with van der Waals surface area (Å²) in [6.07, 6.45) is 2.55. The van der Waals surface area contributed by atoms with Crippen molar-refractivity contribution in [3.05, 3.63) is 62.1 Å². The number of carbonyl (C=O) groups excluding carboxylic acids is 1. The predicted octanol–water partition coefficient (Wildman–Crippen LogP) is 3.12. The van der Waals surface area contributed by atoms with Gasteiger partial charge in [0.1, 0.15) is 0 Å². The molecule has 0 aliphatic rings. The first kappa shape index (κ1) is 14.8. The molecular formula is C15H15IN2O2. The molecule has 0 unspecified atom stereocenters. The Morgan fingerprint density at radius 2 is 1.90 bits per heavy atom. The summed E-state index contributed by atoms with van der Waals surface area (Å²) in [5, 5.41) is 2.80. The highest BCUT2D eigenvalue weighted by molar-refractivity contribution is 14.1. The van der Waals surface area contributed by atoms with Crippen LogP contribution in [0.2, 0.25) is 0 Å². The van der Waals surface area contributed by atoms with Crippen LogP contribution in [0, 0.1) is 3.57 Å². The van der Waals surface area contributed by atoms with Crippen LogP contribution < -0.4 is 10.9 Å². The summed E-state index contributed by atoms with van der Waals surface area (Å²) in [6.45, 7) is 2.65. The fraction of sp³-hybridized carbons (Fsp3) is 0.200. The quantitative estimate of drug-likeness (QED) is 0.827. The summed E-state index contributed by atoms with van der Waals surface area (Å²) in [4.78, 5) is 23.7. The van der Waals surface area contributed by atoms with Crippen LogP contribution in [0.3, 0.4) is 0 Å². The van der Waals surface area contributed by atoms with E-state index in [-0.39, 0.29) is 11.5 Å². The van der Waals surface area contributed by atoms with E-state index in [1.165, 1.54) is 6.07 Å². The first-order chi connectivity index (χ1) is 9.60. The van der Waals surface area contributed by atoms with Gasteiger partial charge in [0.15, 0.2) is 0 Å². The molecule has 0 saturated carbocycles. The Morgan fingerprint density at radius 3 is 2.55 bits per heavy atom. The maximum absolute atomic E-state index is 12.1. The molecule has 0 aliphatic heterocycles. The number of nitrogens with one attached hydrogen (secondary N) is 1. The van der Waals surface area contributed by atoms with Gasteiger partial charge in [0.2, 0.25) is 0 Å². The van der Waals surface area contributed by atoms with Gasteiger partial charge in [-0.3, -0.25) is 9.59 Å². The number of aromatic nitrogens is 1. The molecule has 20 heavy (non-hydrogen) atoms. The zero-order chi connectivity index (χ0) is 14.5. The van der Waals surface area contributed by atoms with Crippen LogP contribution >= 0.6 is 22.6 Å². The topological polar surface area (TPSA) is 51.1 Å². The first-order valence-electron chi connectivity index (χ1n) is 6.37. The molecule has 2 aromatic rings. The van der Waals surface area contributed by atoms with E-state index in [0.29, 0.717) is 17.8 Å². The second kappa shape index (κ2) is 6.69. The Hall–Kier alpha value is -1.63. The van der Waals surface area contributed by atoms with Gasteiger partial charge in [-0.1, -0.05) is 6.92 Å². The SMILES string of the molecule is CCCn1cc(NC(=O)c2ccc(I)cc2)ccc1=O. The fourth-order valence-corrected chi connectivity index (χ4v) is 2.19. The van der Waals surface area contributed by atoms with Gasteiger partial charge in [0.05, 0.1) is 5.69 Å². The number of hydrogen-bond acceptors (Lipinski definition) is 2. The number of anilines is 1. The molecule has 0 radical (unpaired) electrons. The molecular weight excluding hydrogens is 367 g/mol. The van der Waals surface area contributed by atoms with E-state index < -0.39 is 0 Å². The largest absolute Gasteiger partial charge is 0.321 e. The lowest BCUT2D eigenvalue weighted by atomic mass is 10.2. The number of halogens is 1. The number of benzene rings is 1. The molecule has 2 rings (SSSR count). The third kappa shape index (κ3) is 3.69. The van der Waals surface area contributed by atoms with Crippen molar-refractivity contribution in [3.63, 3.8) is 0 Å². The number of nitrogens with zero attached hydrogens (tertiary/aromatic N) is 1. The number of aryl methyl sites for hydroxylation is 1. The summed E-state index contributed by atoms with van der Waals surface area (Å²) in [7, 11) is 0. The number of carbonyl (C=O) groups is 1. The predicted molar refractivity (Wildman–Crippen MR) is 88.1 cm³/mol. The molecule has 1 heterocycles. The van der Waals surface area contributed by atoms with Gasteiger partial charge >= 0.3 is 0 Å². The van der Waals surface area contributed by atoms with Crippen molar-refractivity contribution in [1.82, 2.24) is 4.57 Å². The minimum atomic E-state index is -0.178. The van der Waals surface area contributed by atoms with E-state index >= 15 is 0 Å². The van der Waals surface area contributed by atoms with Crippen LogP contribution in [0.15, 0.2) is 47.4 Å². The zero-order valence-electron chi connectivity index (χ0n) is 11.1. The van der Waals surface area contributed by atoms with Gasteiger partial charge in [-0.15, -0.1) is 0 Å². The molecule has 0 aliphatic carbocycles. The molecule has 5 heteroatoms. The van der Waals surface area contributed by atoms with Crippen LogP contribution in [0.5, 0.6) is 0 Å². The molecule has 1 amide bonds. The van der Waals surface area contributed by atoms with Crippen molar-refractivity contribution >= 4 is 34.2 Å². The van der Waals surface area contributed by atoms with Crippen molar-refractivity contribution in [2.45, 2.75) is 19.9 Å². The molecule has 0 spiro atoms. The summed E-state index contributed by atoms with van der Waals surface area (Å²) in [6, 6.07) is 10.4. The second-order valence-electron chi connectivity index (χ2n) is 4.41. The average molecular weight is 382 g/mol. The van der Waals surface area contributed by atoms with Crippen LogP contribution in [0.4, 0.5) is 5.69 Å². The summed E-state index contributed by atoms with van der Waals surface area (Å²) in [5.41, 5.74) is 1.17. The monoisotopic (exact) mass is 382 g/mol. The minimum absolute atomic E-state index is 0.0564. The third-order valence-corrected chi connectivity index (χ3v) is 3.53. The molecule has 104 valence electrons. The maximum Gasteiger partial charge on any atom is 0.255 e. The van der Waals surface area contributed by atoms with E-state index in [9.17, 15) is 9.59 Å². The average Bonchev–Trinajstić information content (AvgIpc) is 2.43. The Kier molecular flexibility index (Phi) is 4.94. The molecule has 0 fully saturated rings. The summed E-state index contributed by atoms with van der Waals surface area (Å²) >= 11 is 2.19. The Bertz CT molecular complexity index is 662. The Balaban J connectivity index is 2.17. The Morgan fingerprint density at radius 1 is 1.20 bits per heavy atom. The van der Waals surface area contributed by atoms with Crippen molar-refractivity contribution < 1.29 is 4.79 Å². The lowest BCUT2D eigenvalue weighted by Crippen LogP contribution is -2.20. The summed E-state index contributed by atoms with van der Waals surface area (Å²) < 4.78 is 2.68. The van der Waals surface area contributed by atoms with Gasteiger partial charge in [-0.25, -0.2) is 0 Å². The number of rotatable bonds is 4.